The number of nitrogens with one attached hydrogen (secondary N) is 3. The first-order valence-electron chi connectivity index (χ1n) is 11.0. The molecule has 168 valence electrons. The van der Waals surface area contributed by atoms with Crippen molar-refractivity contribution in [2.75, 3.05) is 5.32 Å². The number of anilines is 1. The lowest BCUT2D eigenvalue weighted by Crippen LogP contribution is -2.09. The molecule has 0 aromatic carbocycles. The fourth-order valence-corrected chi connectivity index (χ4v) is 4.90. The first-order valence-corrected chi connectivity index (χ1v) is 11.8. The Bertz CT molecular complexity index is 1640. The number of H-pyrrole nitrogens is 2. The molecule has 0 saturated carbocycles. The van der Waals surface area contributed by atoms with Crippen LogP contribution < -0.4 is 5.32 Å². The number of pyridine rings is 3. The summed E-state index contributed by atoms with van der Waals surface area (Å²) in [7, 11) is 0. The van der Waals surface area contributed by atoms with Crippen LogP contribution in [0.2, 0.25) is 0 Å². The Hall–Kier alpha value is -4.11. The van der Waals surface area contributed by atoms with Crippen molar-refractivity contribution in [3.8, 4) is 33.3 Å². The molecule has 34 heavy (non-hydrogen) atoms. The van der Waals surface area contributed by atoms with E-state index in [-0.39, 0.29) is 0 Å². The highest BCUT2D eigenvalue weighted by Crippen LogP contribution is 2.34. The summed E-state index contributed by atoms with van der Waals surface area (Å²) >= 11 is 1.71. The largest absolute Gasteiger partial charge is 0.382 e. The Morgan fingerprint density at radius 1 is 0.971 bits per heavy atom. The molecule has 0 aliphatic rings. The standard InChI is InChI=1S/C25H22N8S/c1-13(2)29-16-8-15(10-26-11-16)19-9-17-20(12-28-19)32-33-22(17)25-30-18-6-7-27-24(23(18)31-25)21-5-4-14(3)34-21/h4-13,29H,1-3H3,(H,30,31)(H,32,33). The van der Waals surface area contributed by atoms with Crippen molar-refractivity contribution in [2.45, 2.75) is 26.8 Å². The third-order valence-electron chi connectivity index (χ3n) is 5.54. The zero-order chi connectivity index (χ0) is 23.2. The summed E-state index contributed by atoms with van der Waals surface area (Å²) in [5.74, 6) is 0.689. The van der Waals surface area contributed by atoms with Gasteiger partial charge in [0.05, 0.1) is 33.5 Å². The minimum Gasteiger partial charge on any atom is -0.382 e. The molecule has 0 unspecified atom stereocenters. The van der Waals surface area contributed by atoms with E-state index in [0.717, 1.165) is 55.1 Å². The van der Waals surface area contributed by atoms with E-state index in [9.17, 15) is 0 Å². The van der Waals surface area contributed by atoms with Crippen LogP contribution in [0.3, 0.4) is 0 Å². The van der Waals surface area contributed by atoms with Gasteiger partial charge in [0.15, 0.2) is 5.82 Å². The van der Waals surface area contributed by atoms with Gasteiger partial charge in [-0.3, -0.25) is 20.1 Å². The maximum absolute atomic E-state index is 4.90. The Balaban J connectivity index is 1.45. The van der Waals surface area contributed by atoms with Crippen LogP contribution in [0.25, 0.3) is 55.3 Å². The van der Waals surface area contributed by atoms with E-state index in [4.69, 9.17) is 4.98 Å². The highest BCUT2D eigenvalue weighted by atomic mass is 32.1. The van der Waals surface area contributed by atoms with Crippen LogP contribution in [0.1, 0.15) is 18.7 Å². The molecule has 0 aliphatic heterocycles. The Morgan fingerprint density at radius 2 is 1.88 bits per heavy atom. The minimum absolute atomic E-state index is 0.318. The third-order valence-corrected chi connectivity index (χ3v) is 6.54. The third kappa shape index (κ3) is 3.60. The van der Waals surface area contributed by atoms with Crippen molar-refractivity contribution in [1.29, 1.82) is 0 Å². The molecule has 6 heterocycles. The first-order chi connectivity index (χ1) is 16.5. The predicted molar refractivity (Wildman–Crippen MR) is 137 cm³/mol. The molecular formula is C25H22N8S. The molecule has 6 rings (SSSR count). The molecule has 6 aromatic rings. The van der Waals surface area contributed by atoms with Crippen LogP contribution >= 0.6 is 11.3 Å². The molecule has 0 aliphatic carbocycles. The van der Waals surface area contributed by atoms with Crippen LogP contribution in [0.5, 0.6) is 0 Å². The van der Waals surface area contributed by atoms with Gasteiger partial charge in [-0.15, -0.1) is 11.3 Å². The van der Waals surface area contributed by atoms with Gasteiger partial charge in [-0.2, -0.15) is 5.10 Å². The van der Waals surface area contributed by atoms with Gasteiger partial charge in [-0.1, -0.05) is 0 Å². The van der Waals surface area contributed by atoms with Crippen LogP contribution in [-0.4, -0.2) is 41.2 Å². The van der Waals surface area contributed by atoms with Gasteiger partial charge in [-0.05, 0) is 51.1 Å². The number of fused-ring (bicyclic) bond motifs is 2. The molecule has 0 spiro atoms. The summed E-state index contributed by atoms with van der Waals surface area (Å²) in [6, 6.07) is 10.5. The smallest absolute Gasteiger partial charge is 0.159 e. The van der Waals surface area contributed by atoms with Gasteiger partial charge in [0, 0.05) is 40.5 Å². The number of thiophene rings is 1. The Kier molecular flexibility index (Phi) is 4.84. The van der Waals surface area contributed by atoms with Crippen molar-refractivity contribution in [3.63, 3.8) is 0 Å². The van der Waals surface area contributed by atoms with E-state index >= 15 is 0 Å². The summed E-state index contributed by atoms with van der Waals surface area (Å²) in [6.07, 6.45) is 7.25. The summed E-state index contributed by atoms with van der Waals surface area (Å²) in [4.78, 5) is 24.3. The van der Waals surface area contributed by atoms with Gasteiger partial charge < -0.3 is 10.3 Å². The average Bonchev–Trinajstić information content (AvgIpc) is 3.55. The highest BCUT2D eigenvalue weighted by molar-refractivity contribution is 7.15. The molecular weight excluding hydrogens is 444 g/mol. The first kappa shape index (κ1) is 20.5. The number of rotatable bonds is 5. The SMILES string of the molecule is Cc1ccc(-c2nccc3[nH]c(-c4n[nH]c5cnc(-c6cncc(NC(C)C)c6)cc45)nc23)s1. The maximum atomic E-state index is 4.90. The van der Waals surface area contributed by atoms with Crippen LogP contribution in [0.15, 0.2) is 55.1 Å². The topological polar surface area (TPSA) is 108 Å². The van der Waals surface area contributed by atoms with Gasteiger partial charge in [-0.25, -0.2) is 4.98 Å². The van der Waals surface area contributed by atoms with E-state index in [1.807, 2.05) is 30.7 Å². The van der Waals surface area contributed by atoms with Crippen LogP contribution in [0, 0.1) is 6.92 Å². The Labute approximate surface area is 199 Å². The van der Waals surface area contributed by atoms with Crippen molar-refractivity contribution in [2.24, 2.45) is 0 Å². The number of imidazole rings is 1. The molecule has 9 heteroatoms. The van der Waals surface area contributed by atoms with E-state index < -0.39 is 0 Å². The summed E-state index contributed by atoms with van der Waals surface area (Å²) < 4.78 is 0. The van der Waals surface area contributed by atoms with Crippen molar-refractivity contribution >= 4 is 39.0 Å². The van der Waals surface area contributed by atoms with E-state index in [2.05, 4.69) is 74.4 Å². The quantitative estimate of drug-likeness (QED) is 0.296. The van der Waals surface area contributed by atoms with Crippen molar-refractivity contribution in [3.05, 3.63) is 60.0 Å². The lowest BCUT2D eigenvalue weighted by molar-refractivity contribution is 0.898. The number of hydrogen-bond donors (Lipinski definition) is 3. The summed E-state index contributed by atoms with van der Waals surface area (Å²) in [6.45, 7) is 6.29. The minimum atomic E-state index is 0.318. The molecule has 0 saturated heterocycles. The monoisotopic (exact) mass is 466 g/mol. The van der Waals surface area contributed by atoms with Gasteiger partial charge in [0.1, 0.15) is 16.9 Å². The number of aromatic amines is 2. The number of hydrogen-bond acceptors (Lipinski definition) is 7. The predicted octanol–water partition coefficient (Wildman–Crippen LogP) is 5.82. The lowest BCUT2D eigenvalue weighted by Gasteiger charge is -2.10. The molecule has 0 radical (unpaired) electrons. The maximum Gasteiger partial charge on any atom is 0.159 e. The molecule has 0 atom stereocenters. The summed E-state index contributed by atoms with van der Waals surface area (Å²) in [5, 5.41) is 12.0. The fourth-order valence-electron chi connectivity index (χ4n) is 4.04. The zero-order valence-corrected chi connectivity index (χ0v) is 19.7. The molecule has 6 aromatic heterocycles. The van der Waals surface area contributed by atoms with Crippen molar-refractivity contribution < 1.29 is 0 Å². The summed E-state index contributed by atoms with van der Waals surface area (Å²) in [5.41, 5.74) is 6.94. The highest BCUT2D eigenvalue weighted by Gasteiger charge is 2.17. The van der Waals surface area contributed by atoms with Crippen molar-refractivity contribution in [1.82, 2.24) is 35.1 Å². The second-order valence-corrected chi connectivity index (χ2v) is 9.79. The molecule has 0 bridgehead atoms. The Morgan fingerprint density at radius 3 is 2.71 bits per heavy atom. The normalized spacial score (nSPS) is 11.6. The number of aryl methyl sites for hydroxylation is 1. The second-order valence-electron chi connectivity index (χ2n) is 8.50. The van der Waals surface area contributed by atoms with E-state index in [1.165, 1.54) is 4.88 Å². The zero-order valence-electron chi connectivity index (χ0n) is 18.9. The molecule has 8 nitrogen and oxygen atoms in total. The lowest BCUT2D eigenvalue weighted by atomic mass is 10.1. The second kappa shape index (κ2) is 8.03. The van der Waals surface area contributed by atoms with Crippen LogP contribution in [0.4, 0.5) is 5.69 Å². The van der Waals surface area contributed by atoms with E-state index in [0.29, 0.717) is 11.9 Å². The molecule has 0 fully saturated rings. The molecule has 3 N–H and O–H groups in total. The van der Waals surface area contributed by atoms with Crippen LogP contribution in [-0.2, 0) is 0 Å². The van der Waals surface area contributed by atoms with Gasteiger partial charge >= 0.3 is 0 Å². The van der Waals surface area contributed by atoms with Gasteiger partial charge in [0.2, 0.25) is 0 Å². The van der Waals surface area contributed by atoms with E-state index in [1.54, 1.807) is 17.5 Å². The average molecular weight is 467 g/mol. The molecule has 0 amide bonds. The fraction of sp³-hybridized carbons (Fsp3) is 0.160. The number of aromatic nitrogens is 7. The number of nitrogens with zero attached hydrogens (tertiary/aromatic N) is 5. The van der Waals surface area contributed by atoms with Gasteiger partial charge in [0.25, 0.3) is 0 Å².